The molecule has 0 spiro atoms. The van der Waals surface area contributed by atoms with E-state index in [1.807, 2.05) is 42.5 Å². The van der Waals surface area contributed by atoms with Crippen LogP contribution in [0.3, 0.4) is 0 Å². The first kappa shape index (κ1) is 18.5. The summed E-state index contributed by atoms with van der Waals surface area (Å²) >= 11 is 1.41. The summed E-state index contributed by atoms with van der Waals surface area (Å²) in [6, 6.07) is 15.9. The zero-order chi connectivity index (χ0) is 19.3. The second-order valence-electron chi connectivity index (χ2n) is 6.77. The molecule has 0 bridgehead atoms. The van der Waals surface area contributed by atoms with Gasteiger partial charge in [-0.25, -0.2) is 0 Å². The molecule has 3 heterocycles. The van der Waals surface area contributed by atoms with Gasteiger partial charge in [-0.15, -0.1) is 0 Å². The lowest BCUT2D eigenvalue weighted by molar-refractivity contribution is -0.903. The fraction of sp³-hybridized carbons (Fsp3) is 0.286. The molecule has 6 nitrogen and oxygen atoms in total. The highest BCUT2D eigenvalue weighted by molar-refractivity contribution is 8.18. The van der Waals surface area contributed by atoms with Crippen LogP contribution in [0.4, 0.5) is 0 Å². The Bertz CT molecular complexity index is 950. The Kier molecular flexibility index (Phi) is 5.60. The largest absolute Gasteiger partial charge is 0.457 e. The van der Waals surface area contributed by atoms with Gasteiger partial charge in [-0.1, -0.05) is 30.3 Å². The SMILES string of the molecule is N#CCC[NH+]1CCN(C2=NC(=O)/C(=C\c3ccc(-c4ccccc4)o3)S2)CC1. The number of piperazine rings is 1. The van der Waals surface area contributed by atoms with Gasteiger partial charge in [0.25, 0.3) is 5.91 Å². The Labute approximate surface area is 168 Å². The molecule has 1 N–H and O–H groups in total. The van der Waals surface area contributed by atoms with Crippen LogP contribution in [-0.2, 0) is 4.79 Å². The minimum atomic E-state index is -0.211. The van der Waals surface area contributed by atoms with Crippen LogP contribution in [-0.4, -0.2) is 48.7 Å². The van der Waals surface area contributed by atoms with Crippen LogP contribution < -0.4 is 4.90 Å². The van der Waals surface area contributed by atoms with E-state index in [9.17, 15) is 4.79 Å². The van der Waals surface area contributed by atoms with Crippen molar-refractivity contribution in [1.82, 2.24) is 4.90 Å². The number of amidine groups is 1. The van der Waals surface area contributed by atoms with Crippen LogP contribution in [0.5, 0.6) is 0 Å². The van der Waals surface area contributed by atoms with Gasteiger partial charge in [-0.2, -0.15) is 10.3 Å². The minimum Gasteiger partial charge on any atom is -0.457 e. The maximum Gasteiger partial charge on any atom is 0.286 e. The van der Waals surface area contributed by atoms with Crippen molar-refractivity contribution in [3.63, 3.8) is 0 Å². The number of benzene rings is 1. The van der Waals surface area contributed by atoms with E-state index >= 15 is 0 Å². The van der Waals surface area contributed by atoms with Crippen molar-refractivity contribution in [3.05, 3.63) is 53.1 Å². The zero-order valence-electron chi connectivity index (χ0n) is 15.4. The Morgan fingerprint density at radius 2 is 2.00 bits per heavy atom. The minimum absolute atomic E-state index is 0.211. The number of furan rings is 1. The molecule has 1 aromatic heterocycles. The standard InChI is InChI=1S/C21H20N4O2S/c22-9-4-10-24-11-13-25(14-12-24)21-23-20(26)19(28-21)15-17-7-8-18(27-17)16-5-2-1-3-6-16/h1-3,5-8,15H,4,10-14H2/p+1/b19-15+. The van der Waals surface area contributed by atoms with E-state index in [-0.39, 0.29) is 5.91 Å². The highest BCUT2D eigenvalue weighted by atomic mass is 32.2. The first-order chi connectivity index (χ1) is 13.7. The number of hydrogen-bond acceptors (Lipinski definition) is 5. The van der Waals surface area contributed by atoms with Gasteiger partial charge in [0, 0.05) is 11.6 Å². The Hall–Kier alpha value is -2.82. The van der Waals surface area contributed by atoms with Crippen LogP contribution in [0.25, 0.3) is 17.4 Å². The first-order valence-electron chi connectivity index (χ1n) is 9.36. The molecule has 0 saturated carbocycles. The van der Waals surface area contributed by atoms with Crippen LogP contribution in [0.15, 0.2) is 56.8 Å². The molecule has 1 fully saturated rings. The third-order valence-corrected chi connectivity index (χ3v) is 5.94. The van der Waals surface area contributed by atoms with Gasteiger partial charge in [0.2, 0.25) is 0 Å². The van der Waals surface area contributed by atoms with Gasteiger partial charge in [0.15, 0.2) is 5.17 Å². The van der Waals surface area contributed by atoms with Crippen molar-refractivity contribution in [1.29, 1.82) is 5.26 Å². The summed E-state index contributed by atoms with van der Waals surface area (Å²) in [6.07, 6.45) is 2.36. The Morgan fingerprint density at radius 3 is 2.75 bits per heavy atom. The van der Waals surface area contributed by atoms with Crippen molar-refractivity contribution in [2.75, 3.05) is 32.7 Å². The first-order valence-corrected chi connectivity index (χ1v) is 10.2. The van der Waals surface area contributed by atoms with Crippen molar-refractivity contribution >= 4 is 28.9 Å². The van der Waals surface area contributed by atoms with E-state index in [0.29, 0.717) is 17.1 Å². The Balaban J connectivity index is 1.39. The van der Waals surface area contributed by atoms with Crippen LogP contribution in [0.1, 0.15) is 12.2 Å². The van der Waals surface area contributed by atoms with Crippen molar-refractivity contribution in [2.24, 2.45) is 4.99 Å². The highest BCUT2D eigenvalue weighted by Crippen LogP contribution is 2.31. The van der Waals surface area contributed by atoms with Crippen molar-refractivity contribution in [3.8, 4) is 17.4 Å². The van der Waals surface area contributed by atoms with Crippen molar-refractivity contribution < 1.29 is 14.1 Å². The topological polar surface area (TPSA) is 74.0 Å². The lowest BCUT2D eigenvalue weighted by Gasteiger charge is -2.32. The molecule has 2 aromatic rings. The number of nitrogens with one attached hydrogen (secondary N) is 1. The molecule has 4 rings (SSSR count). The fourth-order valence-corrected chi connectivity index (χ4v) is 4.29. The fourth-order valence-electron chi connectivity index (χ4n) is 3.35. The summed E-state index contributed by atoms with van der Waals surface area (Å²) in [5.74, 6) is 1.22. The molecule has 0 radical (unpaired) electrons. The molecule has 0 aliphatic carbocycles. The summed E-state index contributed by atoms with van der Waals surface area (Å²) in [5.41, 5.74) is 1.01. The molecule has 1 aromatic carbocycles. The van der Waals surface area contributed by atoms with E-state index < -0.39 is 0 Å². The number of nitrogens with zero attached hydrogens (tertiary/aromatic N) is 3. The number of nitriles is 1. The summed E-state index contributed by atoms with van der Waals surface area (Å²) in [6.45, 7) is 4.52. The number of aliphatic imine (C=N–C) groups is 1. The van der Waals surface area contributed by atoms with Gasteiger partial charge in [0.05, 0.1) is 50.1 Å². The lowest BCUT2D eigenvalue weighted by Crippen LogP contribution is -3.14. The number of hydrogen-bond donors (Lipinski definition) is 1. The van der Waals surface area contributed by atoms with E-state index in [4.69, 9.17) is 9.68 Å². The third-order valence-electron chi connectivity index (χ3n) is 4.90. The van der Waals surface area contributed by atoms with E-state index in [1.54, 1.807) is 6.08 Å². The Morgan fingerprint density at radius 1 is 1.21 bits per heavy atom. The second-order valence-corrected chi connectivity index (χ2v) is 7.78. The van der Waals surface area contributed by atoms with Crippen LogP contribution >= 0.6 is 11.8 Å². The molecule has 2 aliphatic heterocycles. The number of carbonyl (C=O) groups excluding carboxylic acids is 1. The molecule has 142 valence electrons. The molecule has 0 atom stereocenters. The van der Waals surface area contributed by atoms with Crippen LogP contribution in [0.2, 0.25) is 0 Å². The number of carbonyl (C=O) groups is 1. The van der Waals surface area contributed by atoms with Gasteiger partial charge in [-0.3, -0.25) is 4.79 Å². The average molecular weight is 393 g/mol. The van der Waals surface area contributed by atoms with Crippen molar-refractivity contribution in [2.45, 2.75) is 6.42 Å². The normalized spacial score (nSPS) is 19.1. The van der Waals surface area contributed by atoms with E-state index in [0.717, 1.165) is 49.2 Å². The van der Waals surface area contributed by atoms with Gasteiger partial charge in [0.1, 0.15) is 11.5 Å². The van der Waals surface area contributed by atoms with Gasteiger partial charge < -0.3 is 14.2 Å². The van der Waals surface area contributed by atoms with Gasteiger partial charge >= 0.3 is 0 Å². The molecule has 7 heteroatoms. The lowest BCUT2D eigenvalue weighted by atomic mass is 10.2. The molecular formula is C21H21N4O2S+. The molecule has 1 saturated heterocycles. The summed E-state index contributed by atoms with van der Waals surface area (Å²) < 4.78 is 5.88. The summed E-state index contributed by atoms with van der Waals surface area (Å²) in [5, 5.41) is 9.49. The van der Waals surface area contributed by atoms with E-state index in [1.165, 1.54) is 16.7 Å². The molecule has 0 unspecified atom stereocenters. The van der Waals surface area contributed by atoms with Gasteiger partial charge in [-0.05, 0) is 23.9 Å². The highest BCUT2D eigenvalue weighted by Gasteiger charge is 2.29. The molecule has 2 aliphatic rings. The smallest absolute Gasteiger partial charge is 0.286 e. The molecule has 28 heavy (non-hydrogen) atoms. The number of quaternary nitrogens is 1. The van der Waals surface area contributed by atoms with Crippen LogP contribution in [0, 0.1) is 11.3 Å². The maximum absolute atomic E-state index is 12.3. The monoisotopic (exact) mass is 393 g/mol. The quantitative estimate of drug-likeness (QED) is 0.805. The zero-order valence-corrected chi connectivity index (χ0v) is 16.2. The predicted octanol–water partition coefficient (Wildman–Crippen LogP) is 2.03. The summed E-state index contributed by atoms with van der Waals surface area (Å²) in [7, 11) is 0. The second kappa shape index (κ2) is 8.46. The molecule has 1 amide bonds. The number of rotatable bonds is 4. The molecular weight excluding hydrogens is 372 g/mol. The van der Waals surface area contributed by atoms with E-state index in [2.05, 4.69) is 16.0 Å². The predicted molar refractivity (Wildman–Crippen MR) is 110 cm³/mol. The maximum atomic E-state index is 12.3. The number of thioether (sulfide) groups is 1. The summed E-state index contributed by atoms with van der Waals surface area (Å²) in [4.78, 5) is 20.8. The third kappa shape index (κ3) is 4.19. The number of amides is 1. The average Bonchev–Trinajstić information content (AvgIpc) is 3.35.